The lowest BCUT2D eigenvalue weighted by atomic mass is 10.2. The fourth-order valence-corrected chi connectivity index (χ4v) is 2.25. The number of nitrogens with zero attached hydrogens (tertiary/aromatic N) is 1. The Balaban J connectivity index is 2.79. The van der Waals surface area contributed by atoms with Crippen LogP contribution in [-0.4, -0.2) is 34.6 Å². The van der Waals surface area contributed by atoms with Gasteiger partial charge in [0.05, 0.1) is 12.1 Å². The largest absolute Gasteiger partial charge is 0.481 e. The summed E-state index contributed by atoms with van der Waals surface area (Å²) in [6.45, 7) is 3.80. The molecule has 0 aliphatic heterocycles. The number of halogens is 2. The molecule has 1 aromatic carbocycles. The second kappa shape index (κ2) is 7.23. The number of amides is 2. The van der Waals surface area contributed by atoms with Gasteiger partial charge in [-0.05, 0) is 48.0 Å². The lowest BCUT2D eigenvalue weighted by molar-refractivity contribution is -0.137. The summed E-state index contributed by atoms with van der Waals surface area (Å²) in [4.78, 5) is 24.2. The van der Waals surface area contributed by atoms with Crippen molar-refractivity contribution in [3.63, 3.8) is 0 Å². The maximum absolute atomic E-state index is 13.0. The van der Waals surface area contributed by atoms with Gasteiger partial charge in [0.25, 0.3) is 0 Å². The normalized spacial score (nSPS) is 11.8. The molecule has 0 aliphatic rings. The zero-order valence-electron chi connectivity index (χ0n) is 11.2. The maximum atomic E-state index is 13.0. The summed E-state index contributed by atoms with van der Waals surface area (Å²) >= 11 is 3.16. The van der Waals surface area contributed by atoms with E-state index in [4.69, 9.17) is 5.11 Å². The predicted molar refractivity (Wildman–Crippen MR) is 77.2 cm³/mol. The van der Waals surface area contributed by atoms with Crippen LogP contribution in [0.15, 0.2) is 22.7 Å². The molecule has 1 unspecified atom stereocenters. The number of benzene rings is 1. The number of urea groups is 1. The van der Waals surface area contributed by atoms with Crippen molar-refractivity contribution < 1.29 is 19.1 Å². The number of carboxylic acids is 1. The Morgan fingerprint density at radius 1 is 1.50 bits per heavy atom. The molecule has 2 amide bonds. The van der Waals surface area contributed by atoms with E-state index in [2.05, 4.69) is 21.2 Å². The van der Waals surface area contributed by atoms with E-state index in [1.807, 2.05) is 0 Å². The van der Waals surface area contributed by atoms with Crippen molar-refractivity contribution in [1.82, 2.24) is 4.90 Å². The van der Waals surface area contributed by atoms with Crippen molar-refractivity contribution in [2.24, 2.45) is 0 Å². The minimum Gasteiger partial charge on any atom is -0.481 e. The second-order valence-electron chi connectivity index (χ2n) is 4.29. The van der Waals surface area contributed by atoms with E-state index in [0.717, 1.165) is 0 Å². The summed E-state index contributed by atoms with van der Waals surface area (Å²) < 4.78 is 13.4. The van der Waals surface area contributed by atoms with Crippen LogP contribution in [0.1, 0.15) is 20.3 Å². The number of carbonyl (C=O) groups is 2. The van der Waals surface area contributed by atoms with Gasteiger partial charge in [-0.3, -0.25) is 4.79 Å². The summed E-state index contributed by atoms with van der Waals surface area (Å²) in [5, 5.41) is 11.4. The number of carboxylic acid groups (broad SMARTS) is 1. The summed E-state index contributed by atoms with van der Waals surface area (Å²) in [6, 6.07) is 3.06. The first-order valence-electron chi connectivity index (χ1n) is 6.09. The highest BCUT2D eigenvalue weighted by atomic mass is 79.9. The van der Waals surface area contributed by atoms with Crippen molar-refractivity contribution in [3.05, 3.63) is 28.5 Å². The molecule has 2 N–H and O–H groups in total. The molecular weight excluding hydrogens is 331 g/mol. The molecule has 0 saturated heterocycles. The van der Waals surface area contributed by atoms with E-state index in [9.17, 15) is 14.0 Å². The van der Waals surface area contributed by atoms with Crippen LogP contribution in [0.4, 0.5) is 14.9 Å². The second-order valence-corrected chi connectivity index (χ2v) is 5.14. The van der Waals surface area contributed by atoms with Gasteiger partial charge in [0.15, 0.2) is 0 Å². The van der Waals surface area contributed by atoms with Crippen molar-refractivity contribution in [2.75, 3.05) is 11.9 Å². The third-order valence-corrected chi connectivity index (χ3v) is 3.43. The zero-order valence-corrected chi connectivity index (χ0v) is 12.8. The smallest absolute Gasteiger partial charge is 0.322 e. The molecule has 0 radical (unpaired) electrons. The molecule has 1 rings (SSSR count). The Labute approximate surface area is 124 Å². The first-order valence-corrected chi connectivity index (χ1v) is 6.89. The van der Waals surface area contributed by atoms with Crippen molar-refractivity contribution in [2.45, 2.75) is 26.3 Å². The molecule has 0 heterocycles. The molecule has 0 bridgehead atoms. The molecule has 0 aromatic heterocycles. The Kier molecular flexibility index (Phi) is 5.94. The average molecular weight is 347 g/mol. The van der Waals surface area contributed by atoms with Gasteiger partial charge in [-0.15, -0.1) is 0 Å². The highest BCUT2D eigenvalue weighted by Crippen LogP contribution is 2.23. The highest BCUT2D eigenvalue weighted by Gasteiger charge is 2.21. The van der Waals surface area contributed by atoms with Gasteiger partial charge in [0.1, 0.15) is 5.82 Å². The van der Waals surface area contributed by atoms with Gasteiger partial charge in [0.2, 0.25) is 0 Å². The first-order chi connectivity index (χ1) is 9.35. The number of carbonyl (C=O) groups excluding carboxylic acids is 1. The maximum Gasteiger partial charge on any atom is 0.322 e. The molecule has 1 atom stereocenters. The van der Waals surface area contributed by atoms with E-state index < -0.39 is 23.9 Å². The Morgan fingerprint density at radius 3 is 2.65 bits per heavy atom. The van der Waals surface area contributed by atoms with Crippen molar-refractivity contribution >= 4 is 33.6 Å². The fourth-order valence-electron chi connectivity index (χ4n) is 1.80. The van der Waals surface area contributed by atoms with Crippen LogP contribution in [-0.2, 0) is 4.79 Å². The third-order valence-electron chi connectivity index (χ3n) is 2.78. The molecule has 0 spiro atoms. The van der Waals surface area contributed by atoms with E-state index in [0.29, 0.717) is 16.7 Å². The highest BCUT2D eigenvalue weighted by molar-refractivity contribution is 9.10. The molecule has 0 aliphatic carbocycles. The number of rotatable bonds is 5. The lowest BCUT2D eigenvalue weighted by Crippen LogP contribution is -2.42. The Bertz CT molecular complexity index is 510. The van der Waals surface area contributed by atoms with Crippen LogP contribution in [0.2, 0.25) is 0 Å². The van der Waals surface area contributed by atoms with Gasteiger partial charge in [0, 0.05) is 17.1 Å². The number of hydrogen-bond acceptors (Lipinski definition) is 2. The van der Waals surface area contributed by atoms with E-state index >= 15 is 0 Å². The van der Waals surface area contributed by atoms with Gasteiger partial charge in [-0.25, -0.2) is 9.18 Å². The molecule has 7 heteroatoms. The average Bonchev–Trinajstić information content (AvgIpc) is 2.32. The number of anilines is 1. The van der Waals surface area contributed by atoms with Gasteiger partial charge < -0.3 is 15.3 Å². The first kappa shape index (κ1) is 16.4. The molecule has 20 heavy (non-hydrogen) atoms. The quantitative estimate of drug-likeness (QED) is 0.859. The van der Waals surface area contributed by atoms with Crippen molar-refractivity contribution in [1.29, 1.82) is 0 Å². The molecule has 0 fully saturated rings. The van der Waals surface area contributed by atoms with Gasteiger partial charge in [-0.2, -0.15) is 0 Å². The van der Waals surface area contributed by atoms with Crippen LogP contribution in [0.5, 0.6) is 0 Å². The minimum absolute atomic E-state index is 0.133. The topological polar surface area (TPSA) is 69.6 Å². The molecule has 5 nitrogen and oxygen atoms in total. The minimum atomic E-state index is -0.966. The van der Waals surface area contributed by atoms with Gasteiger partial charge >= 0.3 is 12.0 Å². The van der Waals surface area contributed by atoms with Crippen LogP contribution in [0, 0.1) is 5.82 Å². The lowest BCUT2D eigenvalue weighted by Gasteiger charge is -2.27. The number of hydrogen-bond donors (Lipinski definition) is 2. The van der Waals surface area contributed by atoms with Gasteiger partial charge in [-0.1, -0.05) is 0 Å². The number of aliphatic carboxylic acids is 1. The van der Waals surface area contributed by atoms with E-state index in [1.54, 1.807) is 13.8 Å². The fraction of sp³-hybridized carbons (Fsp3) is 0.385. The summed E-state index contributed by atoms with van der Waals surface area (Å²) in [7, 11) is 0. The predicted octanol–water partition coefficient (Wildman–Crippen LogP) is 3.31. The zero-order chi connectivity index (χ0) is 15.3. The summed E-state index contributed by atoms with van der Waals surface area (Å²) in [5.74, 6) is -1.38. The van der Waals surface area contributed by atoms with Crippen LogP contribution < -0.4 is 5.32 Å². The monoisotopic (exact) mass is 346 g/mol. The standard InChI is InChI=1S/C13H16BrFN2O3/c1-3-17(8(2)6-12(18)19)13(20)16-11-5-4-9(15)7-10(11)14/h4-5,7-8H,3,6H2,1-2H3,(H,16,20)(H,18,19). The van der Waals surface area contributed by atoms with Crippen LogP contribution >= 0.6 is 15.9 Å². The summed E-state index contributed by atoms with van der Waals surface area (Å²) in [6.07, 6.45) is -0.133. The summed E-state index contributed by atoms with van der Waals surface area (Å²) in [5.41, 5.74) is 0.428. The molecule has 1 aromatic rings. The SMILES string of the molecule is CCN(C(=O)Nc1ccc(F)cc1Br)C(C)CC(=O)O. The Hall–Kier alpha value is -1.63. The van der Waals surface area contributed by atoms with E-state index in [-0.39, 0.29) is 6.42 Å². The molecule has 0 saturated carbocycles. The van der Waals surface area contributed by atoms with E-state index in [1.165, 1.54) is 23.1 Å². The van der Waals surface area contributed by atoms with Crippen LogP contribution in [0.25, 0.3) is 0 Å². The Morgan fingerprint density at radius 2 is 2.15 bits per heavy atom. The van der Waals surface area contributed by atoms with Crippen molar-refractivity contribution in [3.8, 4) is 0 Å². The molecular formula is C13H16BrFN2O3. The number of nitrogens with one attached hydrogen (secondary N) is 1. The van der Waals surface area contributed by atoms with Crippen LogP contribution in [0.3, 0.4) is 0 Å². The third kappa shape index (κ3) is 4.48. The molecule has 110 valence electrons.